The summed E-state index contributed by atoms with van der Waals surface area (Å²) >= 11 is 0. The van der Waals surface area contributed by atoms with Crippen molar-refractivity contribution >= 4 is 0 Å². The van der Waals surface area contributed by atoms with E-state index in [2.05, 4.69) is 75.6 Å². The zero-order chi connectivity index (χ0) is 19.6. The Bertz CT molecular complexity index is 607. The van der Waals surface area contributed by atoms with Gasteiger partial charge in [-0.2, -0.15) is 0 Å². The number of hydrogen-bond acceptors (Lipinski definition) is 2. The number of rotatable bonds is 6. The monoisotopic (exact) mass is 426 g/mol. The van der Waals surface area contributed by atoms with Crippen LogP contribution in [-0.4, -0.2) is 14.2 Å². The molecule has 0 amide bonds. The first kappa shape index (κ1) is 23.8. The van der Waals surface area contributed by atoms with Gasteiger partial charge >= 0.3 is 17.1 Å². The summed E-state index contributed by atoms with van der Waals surface area (Å²) in [4.78, 5) is 0. The van der Waals surface area contributed by atoms with Crippen molar-refractivity contribution < 1.29 is 26.5 Å². The molecule has 0 N–H and O–H groups in total. The SMILES string of the molecule is COc1ccc(C[C]2[CH][CH][CH][CH]2)cc1.COc1ccc(C[C]2[CH][CH][CH][CH]2)cc1.[Fe+2]. The van der Waals surface area contributed by atoms with E-state index in [1.807, 2.05) is 24.3 Å². The van der Waals surface area contributed by atoms with E-state index in [-0.39, 0.29) is 17.1 Å². The van der Waals surface area contributed by atoms with Crippen molar-refractivity contribution in [3.63, 3.8) is 0 Å². The maximum Gasteiger partial charge on any atom is 2.00 e. The molecule has 2 aliphatic carbocycles. The van der Waals surface area contributed by atoms with Gasteiger partial charge < -0.3 is 9.47 Å². The molecule has 0 unspecified atom stereocenters. The third kappa shape index (κ3) is 8.07. The summed E-state index contributed by atoms with van der Waals surface area (Å²) in [7, 11) is 3.37. The van der Waals surface area contributed by atoms with E-state index in [4.69, 9.17) is 9.47 Å². The fraction of sp³-hybridized carbons (Fsp3) is 0.154. The molecule has 29 heavy (non-hydrogen) atoms. The van der Waals surface area contributed by atoms with Gasteiger partial charge in [-0.1, -0.05) is 24.3 Å². The van der Waals surface area contributed by atoms with Crippen molar-refractivity contribution in [1.82, 2.24) is 0 Å². The molecule has 2 fully saturated rings. The molecule has 10 radical (unpaired) electrons. The Morgan fingerprint density at radius 3 is 1.10 bits per heavy atom. The second-order valence-corrected chi connectivity index (χ2v) is 6.64. The van der Waals surface area contributed by atoms with Crippen LogP contribution in [-0.2, 0) is 29.9 Å². The van der Waals surface area contributed by atoms with Crippen LogP contribution in [0.25, 0.3) is 0 Å². The second-order valence-electron chi connectivity index (χ2n) is 6.64. The smallest absolute Gasteiger partial charge is 0.497 e. The van der Waals surface area contributed by atoms with Crippen molar-refractivity contribution in [3.8, 4) is 11.5 Å². The van der Waals surface area contributed by atoms with E-state index in [0.717, 1.165) is 24.3 Å². The van der Waals surface area contributed by atoms with Crippen LogP contribution in [0.1, 0.15) is 11.1 Å². The molecule has 2 nitrogen and oxygen atoms in total. The van der Waals surface area contributed by atoms with Gasteiger partial charge in [-0.05, 0) is 111 Å². The van der Waals surface area contributed by atoms with Crippen molar-refractivity contribution in [3.05, 3.63) is 123 Å². The van der Waals surface area contributed by atoms with E-state index < -0.39 is 0 Å². The Hall–Kier alpha value is -1.44. The molecule has 2 aliphatic rings. The van der Waals surface area contributed by atoms with Crippen LogP contribution < -0.4 is 9.47 Å². The van der Waals surface area contributed by atoms with E-state index in [0.29, 0.717) is 0 Å². The third-order valence-corrected chi connectivity index (χ3v) is 4.60. The van der Waals surface area contributed by atoms with Gasteiger partial charge in [0.25, 0.3) is 0 Å². The van der Waals surface area contributed by atoms with Crippen LogP contribution in [0.15, 0.2) is 48.5 Å². The Morgan fingerprint density at radius 2 is 0.828 bits per heavy atom. The largest absolute Gasteiger partial charge is 2.00 e. The van der Waals surface area contributed by atoms with Gasteiger partial charge in [0.15, 0.2) is 0 Å². The number of ether oxygens (including phenoxy) is 2. The maximum absolute atomic E-state index is 5.10. The van der Waals surface area contributed by atoms with E-state index in [1.165, 1.54) is 23.0 Å². The normalized spacial score (nSPS) is 16.6. The first-order valence-corrected chi connectivity index (χ1v) is 9.44. The Kier molecular flexibility index (Phi) is 10.7. The van der Waals surface area contributed by atoms with Gasteiger partial charge in [0.2, 0.25) is 0 Å². The number of benzene rings is 2. The van der Waals surface area contributed by atoms with Crippen molar-refractivity contribution in [2.45, 2.75) is 12.8 Å². The predicted octanol–water partition coefficient (Wildman–Crippen LogP) is 5.28. The van der Waals surface area contributed by atoms with Gasteiger partial charge in [-0.3, -0.25) is 0 Å². The third-order valence-electron chi connectivity index (χ3n) is 4.60. The summed E-state index contributed by atoms with van der Waals surface area (Å²) in [5.74, 6) is 4.54. The predicted molar refractivity (Wildman–Crippen MR) is 114 cm³/mol. The van der Waals surface area contributed by atoms with E-state index in [1.54, 1.807) is 14.2 Å². The summed E-state index contributed by atoms with van der Waals surface area (Å²) < 4.78 is 10.2. The Balaban J connectivity index is 0.000000200. The molecule has 148 valence electrons. The standard InChI is InChI=1S/2C13H13O.Fe/c2*1-14-13-8-6-12(7-9-13)10-11-4-2-3-5-11;/h2*2-9H,10H2,1H3;/q;;+2. The van der Waals surface area contributed by atoms with Crippen molar-refractivity contribution in [2.75, 3.05) is 14.2 Å². The zero-order valence-electron chi connectivity index (χ0n) is 16.8. The number of methoxy groups -OCH3 is 2. The minimum absolute atomic E-state index is 0. The van der Waals surface area contributed by atoms with Crippen LogP contribution in [0, 0.1) is 63.2 Å². The summed E-state index contributed by atoms with van der Waals surface area (Å²) in [6.07, 6.45) is 18.8. The Labute approximate surface area is 187 Å². The van der Waals surface area contributed by atoms with Crippen molar-refractivity contribution in [2.24, 2.45) is 0 Å². The Morgan fingerprint density at radius 1 is 0.517 bits per heavy atom. The van der Waals surface area contributed by atoms with Crippen LogP contribution in [0.3, 0.4) is 0 Å². The molecule has 0 bridgehead atoms. The summed E-state index contributed by atoms with van der Waals surface area (Å²) in [5, 5.41) is 0. The molecule has 0 atom stereocenters. The molecular weight excluding hydrogens is 400 g/mol. The van der Waals surface area contributed by atoms with E-state index >= 15 is 0 Å². The minimum atomic E-state index is 0. The molecule has 0 aliphatic heterocycles. The minimum Gasteiger partial charge on any atom is -0.497 e. The quantitative estimate of drug-likeness (QED) is 0.585. The van der Waals surface area contributed by atoms with Crippen LogP contribution in [0.5, 0.6) is 11.5 Å². The first-order valence-electron chi connectivity index (χ1n) is 9.44. The molecule has 2 aromatic rings. The summed E-state index contributed by atoms with van der Waals surface area (Å²) in [6, 6.07) is 16.4. The fourth-order valence-electron chi connectivity index (χ4n) is 3.02. The second kappa shape index (κ2) is 13.0. The summed E-state index contributed by atoms with van der Waals surface area (Å²) in [6.45, 7) is 0. The van der Waals surface area contributed by atoms with Gasteiger partial charge in [0.1, 0.15) is 11.5 Å². The molecular formula is C26H26FeO2+2. The molecule has 0 aromatic heterocycles. The van der Waals surface area contributed by atoms with Gasteiger partial charge in [-0.25, -0.2) is 0 Å². The van der Waals surface area contributed by atoms with Gasteiger partial charge in [0, 0.05) is 0 Å². The zero-order valence-corrected chi connectivity index (χ0v) is 17.9. The molecule has 0 spiro atoms. The first-order chi connectivity index (χ1) is 13.8. The average Bonchev–Trinajstić information content (AvgIpc) is 3.44. The molecule has 4 rings (SSSR count). The molecule has 2 aromatic carbocycles. The molecule has 0 heterocycles. The van der Waals surface area contributed by atoms with E-state index in [9.17, 15) is 0 Å². The van der Waals surface area contributed by atoms with Crippen molar-refractivity contribution in [1.29, 1.82) is 0 Å². The molecule has 3 heteroatoms. The van der Waals surface area contributed by atoms with Gasteiger partial charge in [0.05, 0.1) is 14.2 Å². The van der Waals surface area contributed by atoms with Crippen LogP contribution in [0.4, 0.5) is 0 Å². The molecule has 2 saturated carbocycles. The van der Waals surface area contributed by atoms with Crippen LogP contribution >= 0.6 is 0 Å². The number of hydrogen-bond donors (Lipinski definition) is 0. The summed E-state index contributed by atoms with van der Waals surface area (Å²) in [5.41, 5.74) is 2.63. The van der Waals surface area contributed by atoms with Gasteiger partial charge in [-0.15, -0.1) is 0 Å². The van der Waals surface area contributed by atoms with Crippen LogP contribution in [0.2, 0.25) is 0 Å². The topological polar surface area (TPSA) is 18.5 Å². The maximum atomic E-state index is 5.10. The fourth-order valence-corrected chi connectivity index (χ4v) is 3.02. The molecule has 0 saturated heterocycles. The average molecular weight is 426 g/mol.